The van der Waals surface area contributed by atoms with Crippen LogP contribution in [0.5, 0.6) is 5.88 Å². The summed E-state index contributed by atoms with van der Waals surface area (Å²) < 4.78 is 5.29. The number of primary amides is 1. The normalized spacial score (nSPS) is 10.2. The number of carbonyl (C=O) groups excluding carboxylic acids is 1. The van der Waals surface area contributed by atoms with Gasteiger partial charge in [0.25, 0.3) is 5.91 Å². The Kier molecular flexibility index (Phi) is 2.91. The summed E-state index contributed by atoms with van der Waals surface area (Å²) in [6.45, 7) is 3.69. The van der Waals surface area contributed by atoms with Crippen molar-refractivity contribution in [1.82, 2.24) is 4.98 Å². The Morgan fingerprint density at radius 1 is 1.50 bits per heavy atom. The van der Waals surface area contributed by atoms with Gasteiger partial charge in [-0.15, -0.1) is 0 Å². The summed E-state index contributed by atoms with van der Waals surface area (Å²) in [4.78, 5) is 14.7. The zero-order valence-corrected chi connectivity index (χ0v) is 8.15. The van der Waals surface area contributed by atoms with Crippen LogP contribution in [0.15, 0.2) is 12.1 Å². The minimum atomic E-state index is -0.599. The predicted molar refractivity (Wildman–Crippen MR) is 52.9 cm³/mol. The first-order valence-electron chi connectivity index (χ1n) is 4.23. The van der Waals surface area contributed by atoms with E-state index in [-0.39, 0.29) is 17.7 Å². The molecule has 5 nitrogen and oxygen atoms in total. The summed E-state index contributed by atoms with van der Waals surface area (Å²) >= 11 is 0. The summed E-state index contributed by atoms with van der Waals surface area (Å²) in [7, 11) is 0. The lowest BCUT2D eigenvalue weighted by molar-refractivity contribution is 0.0994. The van der Waals surface area contributed by atoms with E-state index in [2.05, 4.69) is 4.98 Å². The fourth-order valence-corrected chi connectivity index (χ4v) is 0.906. The molecule has 0 aliphatic carbocycles. The Labute approximate surface area is 82.1 Å². The van der Waals surface area contributed by atoms with Crippen LogP contribution in [0.2, 0.25) is 0 Å². The molecular weight excluding hydrogens is 182 g/mol. The van der Waals surface area contributed by atoms with Crippen molar-refractivity contribution in [3.63, 3.8) is 0 Å². The molecular formula is C9H13N3O2. The van der Waals surface area contributed by atoms with Crippen LogP contribution in [-0.2, 0) is 0 Å². The molecule has 1 heterocycles. The maximum absolute atomic E-state index is 10.8. The number of nitrogens with zero attached hydrogens (tertiary/aromatic N) is 1. The zero-order valence-electron chi connectivity index (χ0n) is 8.15. The molecule has 4 N–H and O–H groups in total. The van der Waals surface area contributed by atoms with Crippen molar-refractivity contribution in [3.8, 4) is 5.88 Å². The van der Waals surface area contributed by atoms with Crippen molar-refractivity contribution in [3.05, 3.63) is 17.8 Å². The molecule has 0 saturated carbocycles. The Morgan fingerprint density at radius 3 is 2.64 bits per heavy atom. The Balaban J connectivity index is 3.02. The second-order valence-electron chi connectivity index (χ2n) is 3.12. The summed E-state index contributed by atoms with van der Waals surface area (Å²) in [5, 5.41) is 0. The van der Waals surface area contributed by atoms with Gasteiger partial charge in [0.05, 0.1) is 11.8 Å². The van der Waals surface area contributed by atoms with E-state index in [1.54, 1.807) is 6.07 Å². The molecule has 0 spiro atoms. The van der Waals surface area contributed by atoms with Gasteiger partial charge in [0, 0.05) is 0 Å². The summed E-state index contributed by atoms with van der Waals surface area (Å²) in [5.41, 5.74) is 11.2. The average molecular weight is 195 g/mol. The van der Waals surface area contributed by atoms with Crippen molar-refractivity contribution in [1.29, 1.82) is 0 Å². The van der Waals surface area contributed by atoms with Gasteiger partial charge in [-0.25, -0.2) is 4.98 Å². The quantitative estimate of drug-likeness (QED) is 0.736. The first kappa shape index (κ1) is 10.3. The Morgan fingerprint density at radius 2 is 2.14 bits per heavy atom. The molecule has 0 atom stereocenters. The smallest absolute Gasteiger partial charge is 0.267 e. The number of carbonyl (C=O) groups is 1. The lowest BCUT2D eigenvalue weighted by Crippen LogP contribution is -2.15. The molecule has 0 bridgehead atoms. The molecule has 1 aromatic heterocycles. The maximum Gasteiger partial charge on any atom is 0.267 e. The number of rotatable bonds is 3. The lowest BCUT2D eigenvalue weighted by atomic mass is 10.3. The average Bonchev–Trinajstić information content (AvgIpc) is 2.07. The number of amides is 1. The summed E-state index contributed by atoms with van der Waals surface area (Å²) in [5.74, 6) is -0.352. The molecule has 14 heavy (non-hydrogen) atoms. The summed E-state index contributed by atoms with van der Waals surface area (Å²) in [6.07, 6.45) is -0.0482. The molecule has 0 saturated heterocycles. The number of hydrogen-bond acceptors (Lipinski definition) is 4. The van der Waals surface area contributed by atoms with Gasteiger partial charge in [-0.1, -0.05) is 0 Å². The highest BCUT2D eigenvalue weighted by Gasteiger charge is 2.09. The van der Waals surface area contributed by atoms with Crippen molar-refractivity contribution in [2.24, 2.45) is 5.73 Å². The maximum atomic E-state index is 10.8. The molecule has 0 fully saturated rings. The number of nitrogen functional groups attached to an aromatic ring is 1. The first-order chi connectivity index (χ1) is 6.50. The van der Waals surface area contributed by atoms with Gasteiger partial charge in [-0.3, -0.25) is 4.79 Å². The van der Waals surface area contributed by atoms with Gasteiger partial charge >= 0.3 is 0 Å². The van der Waals surface area contributed by atoms with Crippen molar-refractivity contribution in [2.45, 2.75) is 20.0 Å². The van der Waals surface area contributed by atoms with Crippen LogP contribution >= 0.6 is 0 Å². The van der Waals surface area contributed by atoms with E-state index in [0.717, 1.165) is 0 Å². The molecule has 5 heteroatoms. The van der Waals surface area contributed by atoms with Gasteiger partial charge in [-0.2, -0.15) is 0 Å². The van der Waals surface area contributed by atoms with Crippen molar-refractivity contribution in [2.75, 3.05) is 5.73 Å². The number of hydrogen-bond donors (Lipinski definition) is 2. The van der Waals surface area contributed by atoms with Crippen LogP contribution in [0.4, 0.5) is 5.69 Å². The monoisotopic (exact) mass is 195 g/mol. The third kappa shape index (κ3) is 2.35. The molecule has 0 aromatic carbocycles. The van der Waals surface area contributed by atoms with E-state index in [9.17, 15) is 4.79 Å². The fourth-order valence-electron chi connectivity index (χ4n) is 0.906. The SMILES string of the molecule is CC(C)Oc1nc(C(N)=O)ccc1N. The molecule has 0 radical (unpaired) electrons. The zero-order chi connectivity index (χ0) is 10.7. The van der Waals surface area contributed by atoms with Crippen LogP contribution in [0, 0.1) is 0 Å². The van der Waals surface area contributed by atoms with E-state index < -0.39 is 5.91 Å². The Bertz CT molecular complexity index is 350. The van der Waals surface area contributed by atoms with Gasteiger partial charge in [0.1, 0.15) is 5.69 Å². The number of anilines is 1. The molecule has 1 amide bonds. The van der Waals surface area contributed by atoms with E-state index in [1.165, 1.54) is 6.07 Å². The molecule has 76 valence electrons. The van der Waals surface area contributed by atoms with Crippen LogP contribution < -0.4 is 16.2 Å². The van der Waals surface area contributed by atoms with Gasteiger partial charge < -0.3 is 16.2 Å². The van der Waals surface area contributed by atoms with E-state index >= 15 is 0 Å². The van der Waals surface area contributed by atoms with Crippen molar-refractivity contribution < 1.29 is 9.53 Å². The second-order valence-corrected chi connectivity index (χ2v) is 3.12. The van der Waals surface area contributed by atoms with E-state index in [0.29, 0.717) is 5.69 Å². The summed E-state index contributed by atoms with van der Waals surface area (Å²) in [6, 6.07) is 3.01. The largest absolute Gasteiger partial charge is 0.473 e. The standard InChI is InChI=1S/C9H13N3O2/c1-5(2)14-9-6(10)3-4-7(12-9)8(11)13/h3-5H,10H2,1-2H3,(H2,11,13). The highest BCUT2D eigenvalue weighted by Crippen LogP contribution is 2.19. The van der Waals surface area contributed by atoms with E-state index in [1.807, 2.05) is 13.8 Å². The van der Waals surface area contributed by atoms with Crippen molar-refractivity contribution >= 4 is 11.6 Å². The van der Waals surface area contributed by atoms with Crippen LogP contribution in [0.25, 0.3) is 0 Å². The van der Waals surface area contributed by atoms with E-state index in [4.69, 9.17) is 16.2 Å². The molecule has 0 aliphatic heterocycles. The number of pyridine rings is 1. The van der Waals surface area contributed by atoms with Gasteiger partial charge in [0.2, 0.25) is 5.88 Å². The Hall–Kier alpha value is -1.78. The minimum absolute atomic E-state index is 0.0482. The first-order valence-corrected chi connectivity index (χ1v) is 4.23. The predicted octanol–water partition coefficient (Wildman–Crippen LogP) is 0.550. The highest BCUT2D eigenvalue weighted by molar-refractivity contribution is 5.91. The second kappa shape index (κ2) is 3.95. The minimum Gasteiger partial charge on any atom is -0.473 e. The number of ether oxygens (including phenoxy) is 1. The number of aromatic nitrogens is 1. The van der Waals surface area contributed by atoms with Crippen LogP contribution in [0.1, 0.15) is 24.3 Å². The molecule has 1 aromatic rings. The molecule has 0 aliphatic rings. The van der Waals surface area contributed by atoms with Crippen LogP contribution in [-0.4, -0.2) is 17.0 Å². The van der Waals surface area contributed by atoms with Crippen LogP contribution in [0.3, 0.4) is 0 Å². The van der Waals surface area contributed by atoms with Gasteiger partial charge in [0.15, 0.2) is 0 Å². The van der Waals surface area contributed by atoms with Gasteiger partial charge in [-0.05, 0) is 26.0 Å². The molecule has 0 unspecified atom stereocenters. The highest BCUT2D eigenvalue weighted by atomic mass is 16.5. The lowest BCUT2D eigenvalue weighted by Gasteiger charge is -2.10. The fraction of sp³-hybridized carbons (Fsp3) is 0.333. The third-order valence-electron chi connectivity index (χ3n) is 1.49. The number of nitrogens with two attached hydrogens (primary N) is 2. The topological polar surface area (TPSA) is 91.2 Å². The third-order valence-corrected chi connectivity index (χ3v) is 1.49. The molecule has 1 rings (SSSR count).